The summed E-state index contributed by atoms with van der Waals surface area (Å²) in [6.07, 6.45) is 1.93. The molecule has 1 fully saturated rings. The molecule has 1 aliphatic rings. The van der Waals surface area contributed by atoms with Gasteiger partial charge in [-0.1, -0.05) is 13.3 Å². The fourth-order valence-electron chi connectivity index (χ4n) is 1.59. The number of nitrogens with zero attached hydrogens (tertiary/aromatic N) is 1. The first-order chi connectivity index (χ1) is 6.07. The monoisotopic (exact) mass is 184 g/mol. The van der Waals surface area contributed by atoms with E-state index in [1.807, 2.05) is 6.92 Å². The first kappa shape index (κ1) is 10.0. The summed E-state index contributed by atoms with van der Waals surface area (Å²) >= 11 is 0. The van der Waals surface area contributed by atoms with Crippen molar-refractivity contribution in [2.75, 3.05) is 7.05 Å². The highest BCUT2D eigenvalue weighted by Gasteiger charge is 2.34. The van der Waals surface area contributed by atoms with Crippen molar-refractivity contribution in [3.63, 3.8) is 0 Å². The van der Waals surface area contributed by atoms with Gasteiger partial charge in [-0.05, 0) is 13.3 Å². The lowest BCUT2D eigenvalue weighted by Crippen LogP contribution is -2.61. The van der Waals surface area contributed by atoms with Crippen molar-refractivity contribution in [3.05, 3.63) is 0 Å². The number of hydrogen-bond acceptors (Lipinski definition) is 2. The Bertz CT molecular complexity index is 228. The van der Waals surface area contributed by atoms with E-state index in [0.29, 0.717) is 0 Å². The average molecular weight is 184 g/mol. The van der Waals surface area contributed by atoms with E-state index in [9.17, 15) is 9.59 Å². The third-order valence-corrected chi connectivity index (χ3v) is 2.62. The summed E-state index contributed by atoms with van der Waals surface area (Å²) in [5.74, 6) is -0.904. The zero-order valence-corrected chi connectivity index (χ0v) is 8.33. The molecule has 0 bridgehead atoms. The van der Waals surface area contributed by atoms with Gasteiger partial charge in [0.05, 0.1) is 0 Å². The number of amides is 2. The van der Waals surface area contributed by atoms with Crippen molar-refractivity contribution in [2.24, 2.45) is 0 Å². The molecular weight excluding hydrogens is 168 g/mol. The molecule has 1 saturated heterocycles. The topological polar surface area (TPSA) is 49.4 Å². The summed E-state index contributed by atoms with van der Waals surface area (Å²) in [4.78, 5) is 23.8. The first-order valence-corrected chi connectivity index (χ1v) is 4.65. The zero-order chi connectivity index (χ0) is 10.0. The summed E-state index contributed by atoms with van der Waals surface area (Å²) in [5, 5.41) is 2.72. The molecule has 13 heavy (non-hydrogen) atoms. The minimum atomic E-state index is -0.473. The Hall–Kier alpha value is -1.06. The number of piperazine rings is 1. The zero-order valence-electron chi connectivity index (χ0n) is 8.33. The summed E-state index contributed by atoms with van der Waals surface area (Å²) in [6.45, 7) is 4.02. The number of carbonyl (C=O) groups excluding carboxylic acids is 2. The van der Waals surface area contributed by atoms with Crippen LogP contribution in [0.2, 0.25) is 0 Å². The van der Waals surface area contributed by atoms with Gasteiger partial charge in [0, 0.05) is 19.1 Å². The van der Waals surface area contributed by atoms with Crippen LogP contribution >= 0.6 is 0 Å². The Labute approximate surface area is 78.3 Å². The second-order valence-corrected chi connectivity index (χ2v) is 3.53. The minimum Gasteiger partial charge on any atom is -0.343 e. The molecule has 0 radical (unpaired) electrons. The second-order valence-electron chi connectivity index (χ2n) is 3.53. The highest BCUT2D eigenvalue weighted by molar-refractivity contribution is 6.35. The van der Waals surface area contributed by atoms with Crippen LogP contribution in [0.5, 0.6) is 0 Å². The van der Waals surface area contributed by atoms with Crippen LogP contribution in [0, 0.1) is 0 Å². The Morgan fingerprint density at radius 1 is 1.46 bits per heavy atom. The Kier molecular flexibility index (Phi) is 2.90. The number of carbonyl (C=O) groups is 2. The van der Waals surface area contributed by atoms with Gasteiger partial charge in [0.25, 0.3) is 0 Å². The Morgan fingerprint density at radius 3 is 2.62 bits per heavy atom. The van der Waals surface area contributed by atoms with E-state index in [1.165, 1.54) is 4.90 Å². The van der Waals surface area contributed by atoms with Crippen molar-refractivity contribution in [1.29, 1.82) is 0 Å². The number of rotatable bonds is 2. The van der Waals surface area contributed by atoms with Crippen LogP contribution in [-0.2, 0) is 9.59 Å². The molecular formula is C9H16N2O2. The summed E-state index contributed by atoms with van der Waals surface area (Å²) in [5.41, 5.74) is 0. The maximum absolute atomic E-state index is 11.2. The molecule has 0 spiro atoms. The van der Waals surface area contributed by atoms with E-state index in [-0.39, 0.29) is 12.1 Å². The second kappa shape index (κ2) is 3.77. The maximum atomic E-state index is 11.2. The quantitative estimate of drug-likeness (QED) is 0.620. The molecule has 0 saturated carbocycles. The van der Waals surface area contributed by atoms with Crippen molar-refractivity contribution in [2.45, 2.75) is 38.8 Å². The number of likely N-dealkylation sites (N-methyl/N-ethyl adjacent to an activating group) is 1. The van der Waals surface area contributed by atoms with E-state index in [0.717, 1.165) is 12.8 Å². The first-order valence-electron chi connectivity index (χ1n) is 4.65. The minimum absolute atomic E-state index is 0.102. The van der Waals surface area contributed by atoms with Gasteiger partial charge >= 0.3 is 11.8 Å². The van der Waals surface area contributed by atoms with Crippen molar-refractivity contribution >= 4 is 11.8 Å². The molecule has 2 unspecified atom stereocenters. The Morgan fingerprint density at radius 2 is 2.08 bits per heavy atom. The lowest BCUT2D eigenvalue weighted by Gasteiger charge is -2.36. The van der Waals surface area contributed by atoms with Crippen molar-refractivity contribution < 1.29 is 9.59 Å². The molecule has 0 aromatic rings. The molecule has 2 amide bonds. The van der Waals surface area contributed by atoms with Crippen LogP contribution < -0.4 is 5.32 Å². The van der Waals surface area contributed by atoms with Crippen LogP contribution in [-0.4, -0.2) is 35.8 Å². The maximum Gasteiger partial charge on any atom is 0.311 e. The lowest BCUT2D eigenvalue weighted by atomic mass is 10.0. The van der Waals surface area contributed by atoms with Gasteiger partial charge in [0.2, 0.25) is 0 Å². The number of hydrogen-bond donors (Lipinski definition) is 1. The fraction of sp³-hybridized carbons (Fsp3) is 0.778. The van der Waals surface area contributed by atoms with E-state index in [1.54, 1.807) is 7.05 Å². The van der Waals surface area contributed by atoms with Gasteiger partial charge in [0.15, 0.2) is 0 Å². The fourth-order valence-corrected chi connectivity index (χ4v) is 1.59. The summed E-state index contributed by atoms with van der Waals surface area (Å²) in [7, 11) is 1.67. The molecule has 0 aromatic heterocycles. The molecule has 2 atom stereocenters. The average Bonchev–Trinajstić information content (AvgIpc) is 2.11. The van der Waals surface area contributed by atoms with Gasteiger partial charge in [-0.3, -0.25) is 9.59 Å². The molecule has 1 N–H and O–H groups in total. The van der Waals surface area contributed by atoms with E-state index in [4.69, 9.17) is 0 Å². The Balaban J connectivity index is 2.70. The van der Waals surface area contributed by atoms with Crippen molar-refractivity contribution in [1.82, 2.24) is 10.2 Å². The smallest absolute Gasteiger partial charge is 0.311 e. The predicted octanol–water partition coefficient (Wildman–Crippen LogP) is 0.132. The molecule has 0 aromatic carbocycles. The van der Waals surface area contributed by atoms with E-state index < -0.39 is 11.8 Å². The van der Waals surface area contributed by atoms with Crippen LogP contribution in [0.25, 0.3) is 0 Å². The van der Waals surface area contributed by atoms with Crippen LogP contribution in [0.15, 0.2) is 0 Å². The molecule has 0 aliphatic carbocycles. The van der Waals surface area contributed by atoms with Gasteiger partial charge in [-0.25, -0.2) is 0 Å². The lowest BCUT2D eigenvalue weighted by molar-refractivity contribution is -0.150. The summed E-state index contributed by atoms with van der Waals surface area (Å²) in [6, 6.07) is 0.213. The highest BCUT2D eigenvalue weighted by Crippen LogP contribution is 2.12. The van der Waals surface area contributed by atoms with E-state index >= 15 is 0 Å². The van der Waals surface area contributed by atoms with Gasteiger partial charge < -0.3 is 10.2 Å². The van der Waals surface area contributed by atoms with E-state index in [2.05, 4.69) is 12.2 Å². The molecule has 1 rings (SSSR count). The SMILES string of the molecule is CCCC1NC(=O)C(=O)N(C)C1C. The van der Waals surface area contributed by atoms with Crippen molar-refractivity contribution in [3.8, 4) is 0 Å². The standard InChI is InChI=1S/C9H16N2O2/c1-4-5-7-6(2)11(3)9(13)8(12)10-7/h6-7H,4-5H2,1-3H3,(H,10,12). The predicted molar refractivity (Wildman–Crippen MR) is 49.1 cm³/mol. The van der Waals surface area contributed by atoms with Gasteiger partial charge in [-0.2, -0.15) is 0 Å². The largest absolute Gasteiger partial charge is 0.343 e. The highest BCUT2D eigenvalue weighted by atomic mass is 16.2. The van der Waals surface area contributed by atoms with Crippen LogP contribution in [0.1, 0.15) is 26.7 Å². The molecule has 4 heteroatoms. The van der Waals surface area contributed by atoms with Gasteiger partial charge in [-0.15, -0.1) is 0 Å². The summed E-state index contributed by atoms with van der Waals surface area (Å²) < 4.78 is 0. The number of nitrogens with one attached hydrogen (secondary N) is 1. The molecule has 74 valence electrons. The van der Waals surface area contributed by atoms with Crippen LogP contribution in [0.4, 0.5) is 0 Å². The molecule has 1 heterocycles. The normalized spacial score (nSPS) is 29.0. The van der Waals surface area contributed by atoms with Crippen LogP contribution in [0.3, 0.4) is 0 Å². The molecule has 1 aliphatic heterocycles. The third-order valence-electron chi connectivity index (χ3n) is 2.62. The third kappa shape index (κ3) is 1.82. The molecule has 4 nitrogen and oxygen atoms in total. The van der Waals surface area contributed by atoms with Gasteiger partial charge in [0.1, 0.15) is 0 Å².